The van der Waals surface area contributed by atoms with Gasteiger partial charge in [0.15, 0.2) is 0 Å². The summed E-state index contributed by atoms with van der Waals surface area (Å²) < 4.78 is 5.62. The molecule has 0 amide bonds. The van der Waals surface area contributed by atoms with E-state index in [1.54, 1.807) is 22.7 Å². The zero-order valence-corrected chi connectivity index (χ0v) is 12.8. The van der Waals surface area contributed by atoms with E-state index in [0.717, 1.165) is 42.7 Å². The lowest BCUT2D eigenvalue weighted by Gasteiger charge is -2.33. The van der Waals surface area contributed by atoms with Gasteiger partial charge in [0, 0.05) is 23.0 Å². The molecule has 2 aromatic rings. The molecule has 102 valence electrons. The Balaban J connectivity index is 1.77. The maximum atomic E-state index is 5.62. The lowest BCUT2D eigenvalue weighted by atomic mass is 10.2. The van der Waals surface area contributed by atoms with Crippen molar-refractivity contribution < 1.29 is 4.74 Å². The van der Waals surface area contributed by atoms with Crippen LogP contribution >= 0.6 is 22.7 Å². The van der Waals surface area contributed by atoms with Gasteiger partial charge in [-0.05, 0) is 13.8 Å². The van der Waals surface area contributed by atoms with Gasteiger partial charge in [0.25, 0.3) is 0 Å². The zero-order chi connectivity index (χ0) is 13.2. The Morgan fingerprint density at radius 2 is 2.21 bits per heavy atom. The second kappa shape index (κ2) is 5.66. The Hall–Kier alpha value is -0.820. The molecular formula is C13H17N3OS2. The highest BCUT2D eigenvalue weighted by molar-refractivity contribution is 7.09. The van der Waals surface area contributed by atoms with E-state index in [1.165, 1.54) is 5.01 Å². The van der Waals surface area contributed by atoms with Crippen molar-refractivity contribution in [2.75, 3.05) is 19.8 Å². The lowest BCUT2D eigenvalue weighted by molar-refractivity contribution is -0.0141. The Morgan fingerprint density at radius 1 is 1.32 bits per heavy atom. The van der Waals surface area contributed by atoms with E-state index >= 15 is 0 Å². The van der Waals surface area contributed by atoms with Gasteiger partial charge in [0.2, 0.25) is 0 Å². The number of hydrogen-bond donors (Lipinski definition) is 0. The van der Waals surface area contributed by atoms with Crippen LogP contribution in [0.25, 0.3) is 0 Å². The van der Waals surface area contributed by atoms with Crippen molar-refractivity contribution in [3.05, 3.63) is 32.2 Å². The van der Waals surface area contributed by atoms with Gasteiger partial charge in [-0.2, -0.15) is 0 Å². The normalized spacial score (nSPS) is 20.8. The van der Waals surface area contributed by atoms with E-state index in [9.17, 15) is 0 Å². The van der Waals surface area contributed by atoms with Crippen LogP contribution in [0.5, 0.6) is 0 Å². The Morgan fingerprint density at radius 3 is 2.89 bits per heavy atom. The number of morpholine rings is 1. The van der Waals surface area contributed by atoms with Crippen LogP contribution in [-0.2, 0) is 11.3 Å². The third-order valence-electron chi connectivity index (χ3n) is 3.22. The zero-order valence-electron chi connectivity index (χ0n) is 11.1. The molecule has 1 aliphatic rings. The Labute approximate surface area is 121 Å². The van der Waals surface area contributed by atoms with Crippen molar-refractivity contribution in [3.8, 4) is 0 Å². The number of ether oxygens (including phenoxy) is 1. The first-order valence-electron chi connectivity index (χ1n) is 6.37. The summed E-state index contributed by atoms with van der Waals surface area (Å²) in [4.78, 5) is 11.6. The highest BCUT2D eigenvalue weighted by Gasteiger charge is 2.27. The molecule has 0 aliphatic carbocycles. The van der Waals surface area contributed by atoms with Crippen LogP contribution in [0.2, 0.25) is 0 Å². The number of nitrogens with zero attached hydrogens (tertiary/aromatic N) is 3. The summed E-state index contributed by atoms with van der Waals surface area (Å²) in [7, 11) is 0. The van der Waals surface area contributed by atoms with E-state index in [2.05, 4.69) is 25.6 Å². The minimum atomic E-state index is 0.267. The molecule has 0 saturated carbocycles. The molecule has 0 aromatic carbocycles. The lowest BCUT2D eigenvalue weighted by Crippen LogP contribution is -2.39. The predicted molar refractivity (Wildman–Crippen MR) is 77.7 cm³/mol. The third kappa shape index (κ3) is 3.02. The molecule has 2 aromatic heterocycles. The van der Waals surface area contributed by atoms with Gasteiger partial charge in [0.1, 0.15) is 5.01 Å². The minimum absolute atomic E-state index is 0.267. The molecule has 1 aliphatic heterocycles. The van der Waals surface area contributed by atoms with Gasteiger partial charge in [0.05, 0.1) is 36.5 Å². The monoisotopic (exact) mass is 295 g/mol. The van der Waals surface area contributed by atoms with Crippen molar-refractivity contribution in [1.29, 1.82) is 0 Å². The summed E-state index contributed by atoms with van der Waals surface area (Å²) in [5.74, 6) is 0. The van der Waals surface area contributed by atoms with Gasteiger partial charge in [-0.25, -0.2) is 9.97 Å². The van der Waals surface area contributed by atoms with Crippen LogP contribution < -0.4 is 0 Å². The number of aromatic nitrogens is 2. The second-order valence-electron chi connectivity index (χ2n) is 4.74. The quantitative estimate of drug-likeness (QED) is 0.873. The van der Waals surface area contributed by atoms with Crippen LogP contribution in [0.3, 0.4) is 0 Å². The molecule has 0 unspecified atom stereocenters. The third-order valence-corrected chi connectivity index (χ3v) is 4.97. The van der Waals surface area contributed by atoms with Gasteiger partial charge in [-0.1, -0.05) is 0 Å². The van der Waals surface area contributed by atoms with E-state index < -0.39 is 0 Å². The van der Waals surface area contributed by atoms with Gasteiger partial charge in [-0.15, -0.1) is 22.7 Å². The van der Waals surface area contributed by atoms with E-state index in [1.807, 2.05) is 13.8 Å². The minimum Gasteiger partial charge on any atom is -0.378 e. The standard InChI is InChI=1S/C13H17N3OS2/c1-9-7-19-13(14-9)5-16-3-4-17-6-12(16)11-8-18-10(2)15-11/h7-8,12H,3-6H2,1-2H3/t12-/m0/s1. The van der Waals surface area contributed by atoms with Gasteiger partial charge in [-0.3, -0.25) is 4.90 Å². The molecule has 1 saturated heterocycles. The largest absolute Gasteiger partial charge is 0.378 e. The van der Waals surface area contributed by atoms with Crippen LogP contribution in [-0.4, -0.2) is 34.6 Å². The summed E-state index contributed by atoms with van der Waals surface area (Å²) >= 11 is 3.44. The molecule has 4 nitrogen and oxygen atoms in total. The SMILES string of the molecule is Cc1csc(CN2CCOC[C@H]2c2csc(C)n2)n1. The molecule has 0 bridgehead atoms. The molecule has 3 rings (SSSR count). The van der Waals surface area contributed by atoms with E-state index in [-0.39, 0.29) is 6.04 Å². The van der Waals surface area contributed by atoms with Gasteiger partial charge < -0.3 is 4.74 Å². The number of thiazole rings is 2. The number of hydrogen-bond acceptors (Lipinski definition) is 6. The molecule has 19 heavy (non-hydrogen) atoms. The summed E-state index contributed by atoms with van der Waals surface area (Å²) in [5.41, 5.74) is 2.24. The number of rotatable bonds is 3. The Bertz CT molecular complexity index is 552. The molecule has 3 heterocycles. The molecule has 1 fully saturated rings. The highest BCUT2D eigenvalue weighted by Crippen LogP contribution is 2.27. The maximum absolute atomic E-state index is 5.62. The smallest absolute Gasteiger partial charge is 0.107 e. The van der Waals surface area contributed by atoms with Crippen LogP contribution in [0.4, 0.5) is 0 Å². The molecule has 6 heteroatoms. The second-order valence-corrected chi connectivity index (χ2v) is 6.74. The average Bonchev–Trinajstić information content (AvgIpc) is 2.99. The van der Waals surface area contributed by atoms with Gasteiger partial charge >= 0.3 is 0 Å². The molecule has 1 atom stereocenters. The van der Waals surface area contributed by atoms with Crippen LogP contribution in [0.15, 0.2) is 10.8 Å². The molecule has 0 spiro atoms. The van der Waals surface area contributed by atoms with Crippen LogP contribution in [0.1, 0.15) is 27.4 Å². The summed E-state index contributed by atoms with van der Waals surface area (Å²) in [5, 5.41) is 6.55. The first-order chi connectivity index (χ1) is 9.22. The summed E-state index contributed by atoms with van der Waals surface area (Å²) in [6.45, 7) is 7.45. The summed E-state index contributed by atoms with van der Waals surface area (Å²) in [6, 6.07) is 0.267. The van der Waals surface area contributed by atoms with Crippen molar-refractivity contribution in [2.45, 2.75) is 26.4 Å². The number of aryl methyl sites for hydroxylation is 2. The van der Waals surface area contributed by atoms with Crippen LogP contribution in [0, 0.1) is 13.8 Å². The molecular weight excluding hydrogens is 278 g/mol. The predicted octanol–water partition coefficient (Wildman–Crippen LogP) is 2.79. The molecule has 0 radical (unpaired) electrons. The molecule has 0 N–H and O–H groups in total. The van der Waals surface area contributed by atoms with E-state index in [0.29, 0.717) is 0 Å². The Kier molecular flexibility index (Phi) is 3.93. The maximum Gasteiger partial charge on any atom is 0.107 e. The highest BCUT2D eigenvalue weighted by atomic mass is 32.1. The fourth-order valence-electron chi connectivity index (χ4n) is 2.28. The first-order valence-corrected chi connectivity index (χ1v) is 8.13. The summed E-state index contributed by atoms with van der Waals surface area (Å²) in [6.07, 6.45) is 0. The van der Waals surface area contributed by atoms with E-state index in [4.69, 9.17) is 4.74 Å². The topological polar surface area (TPSA) is 38.2 Å². The van der Waals surface area contributed by atoms with Crippen molar-refractivity contribution in [1.82, 2.24) is 14.9 Å². The van der Waals surface area contributed by atoms with Crippen molar-refractivity contribution >= 4 is 22.7 Å². The van der Waals surface area contributed by atoms with Crippen molar-refractivity contribution in [2.24, 2.45) is 0 Å². The first kappa shape index (κ1) is 13.2. The fourth-order valence-corrected chi connectivity index (χ4v) is 3.74. The average molecular weight is 295 g/mol. The van der Waals surface area contributed by atoms with Crippen molar-refractivity contribution in [3.63, 3.8) is 0 Å². The fraction of sp³-hybridized carbons (Fsp3) is 0.538.